The average Bonchev–Trinajstić information content (AvgIpc) is 3.57. The molecule has 39 heavy (non-hydrogen) atoms. The maximum Gasteiger partial charge on any atom is 0.407 e. The second-order valence-electron chi connectivity index (χ2n) is 10.5. The summed E-state index contributed by atoms with van der Waals surface area (Å²) >= 11 is 0. The number of carbonyl (C=O) groups is 3. The Morgan fingerprint density at radius 3 is 2.08 bits per heavy atom. The summed E-state index contributed by atoms with van der Waals surface area (Å²) in [6.45, 7) is 0.829. The van der Waals surface area contributed by atoms with Crippen molar-refractivity contribution in [3.8, 4) is 11.1 Å². The van der Waals surface area contributed by atoms with Gasteiger partial charge in [-0.2, -0.15) is 0 Å². The van der Waals surface area contributed by atoms with Crippen LogP contribution < -0.4 is 5.32 Å². The number of carbonyl (C=O) groups excluding carboxylic acids is 2. The van der Waals surface area contributed by atoms with Crippen molar-refractivity contribution < 1.29 is 24.2 Å². The molecule has 3 aromatic rings. The third-order valence-corrected chi connectivity index (χ3v) is 8.03. The van der Waals surface area contributed by atoms with Crippen LogP contribution in [0.15, 0.2) is 78.9 Å². The smallest absolute Gasteiger partial charge is 0.407 e. The maximum atomic E-state index is 13.9. The predicted octanol–water partition coefficient (Wildman–Crippen LogP) is 5.59. The molecule has 2 amide bonds. The number of nitrogens with zero attached hydrogens (tertiary/aromatic N) is 1. The molecule has 1 fully saturated rings. The van der Waals surface area contributed by atoms with Crippen molar-refractivity contribution in [3.05, 3.63) is 95.6 Å². The van der Waals surface area contributed by atoms with Gasteiger partial charge in [-0.1, -0.05) is 91.7 Å². The fourth-order valence-corrected chi connectivity index (χ4v) is 6.03. The predicted molar refractivity (Wildman–Crippen MR) is 148 cm³/mol. The highest BCUT2D eigenvalue weighted by atomic mass is 16.5. The van der Waals surface area contributed by atoms with Crippen LogP contribution in [0.2, 0.25) is 0 Å². The number of nitrogens with one attached hydrogen (secondary N) is 1. The summed E-state index contributed by atoms with van der Waals surface area (Å²) in [5.41, 5.74) is 4.79. The normalized spacial score (nSPS) is 15.3. The minimum Gasteiger partial charge on any atom is -0.481 e. The Labute approximate surface area is 228 Å². The van der Waals surface area contributed by atoms with E-state index in [2.05, 4.69) is 29.6 Å². The van der Waals surface area contributed by atoms with Crippen LogP contribution in [-0.2, 0) is 20.9 Å². The number of ether oxygens (including phenoxy) is 1. The van der Waals surface area contributed by atoms with Gasteiger partial charge in [0.25, 0.3) is 0 Å². The third kappa shape index (κ3) is 5.82. The fourth-order valence-electron chi connectivity index (χ4n) is 6.03. The Kier molecular flexibility index (Phi) is 7.96. The minimum absolute atomic E-state index is 0.0393. The molecule has 2 N–H and O–H groups in total. The van der Waals surface area contributed by atoms with E-state index in [9.17, 15) is 19.5 Å². The first kappa shape index (κ1) is 26.5. The van der Waals surface area contributed by atoms with Gasteiger partial charge >= 0.3 is 12.1 Å². The minimum atomic E-state index is -0.946. The Morgan fingerprint density at radius 2 is 1.46 bits per heavy atom. The van der Waals surface area contributed by atoms with Crippen molar-refractivity contribution in [2.24, 2.45) is 5.41 Å². The Balaban J connectivity index is 1.25. The summed E-state index contributed by atoms with van der Waals surface area (Å²) in [6, 6.07) is 25.9. The molecular weight excluding hydrogens is 492 g/mol. The zero-order chi connectivity index (χ0) is 27.2. The largest absolute Gasteiger partial charge is 0.481 e. The summed E-state index contributed by atoms with van der Waals surface area (Å²) in [4.78, 5) is 39.7. The van der Waals surface area contributed by atoms with Crippen molar-refractivity contribution in [1.29, 1.82) is 0 Å². The Morgan fingerprint density at radius 1 is 0.872 bits per heavy atom. The van der Waals surface area contributed by atoms with Gasteiger partial charge < -0.3 is 20.1 Å². The van der Waals surface area contributed by atoms with Gasteiger partial charge in [0.05, 0.1) is 11.8 Å². The van der Waals surface area contributed by atoms with Gasteiger partial charge in [-0.3, -0.25) is 9.59 Å². The monoisotopic (exact) mass is 526 g/mol. The van der Waals surface area contributed by atoms with Crippen LogP contribution >= 0.6 is 0 Å². The van der Waals surface area contributed by atoms with Crippen LogP contribution in [0, 0.1) is 5.41 Å². The molecular formula is C32H34N2O5. The van der Waals surface area contributed by atoms with Gasteiger partial charge in [0.15, 0.2) is 0 Å². The van der Waals surface area contributed by atoms with E-state index in [-0.39, 0.29) is 37.9 Å². The van der Waals surface area contributed by atoms with Crippen LogP contribution in [0.3, 0.4) is 0 Å². The van der Waals surface area contributed by atoms with E-state index in [0.29, 0.717) is 19.4 Å². The molecule has 0 atom stereocenters. The number of aliphatic carboxylic acids is 1. The first-order valence-corrected chi connectivity index (χ1v) is 13.6. The maximum absolute atomic E-state index is 13.9. The zero-order valence-electron chi connectivity index (χ0n) is 22.0. The number of fused-ring (bicyclic) bond motifs is 3. The molecule has 7 nitrogen and oxygen atoms in total. The first-order chi connectivity index (χ1) is 19.0. The van der Waals surface area contributed by atoms with E-state index in [0.717, 1.165) is 40.7 Å². The second-order valence-corrected chi connectivity index (χ2v) is 10.5. The average molecular weight is 527 g/mol. The molecule has 0 unspecified atom stereocenters. The molecule has 0 aliphatic heterocycles. The number of benzene rings is 3. The van der Waals surface area contributed by atoms with Gasteiger partial charge in [-0.15, -0.1) is 0 Å². The Bertz CT molecular complexity index is 1290. The lowest BCUT2D eigenvalue weighted by molar-refractivity contribution is -0.144. The topological polar surface area (TPSA) is 95.9 Å². The Hall–Kier alpha value is -4.13. The molecule has 2 aliphatic carbocycles. The van der Waals surface area contributed by atoms with Gasteiger partial charge in [0.2, 0.25) is 5.91 Å². The summed E-state index contributed by atoms with van der Waals surface area (Å²) < 4.78 is 5.71. The lowest BCUT2D eigenvalue weighted by Crippen LogP contribution is -2.49. The van der Waals surface area contributed by atoms with Crippen LogP contribution in [0.4, 0.5) is 4.79 Å². The molecule has 3 aromatic carbocycles. The number of hydrogen-bond acceptors (Lipinski definition) is 4. The molecule has 0 spiro atoms. The van der Waals surface area contributed by atoms with Crippen molar-refractivity contribution in [2.75, 3.05) is 19.7 Å². The molecule has 0 aromatic heterocycles. The van der Waals surface area contributed by atoms with Crippen LogP contribution in [0.5, 0.6) is 0 Å². The van der Waals surface area contributed by atoms with Crippen molar-refractivity contribution in [2.45, 2.75) is 44.6 Å². The van der Waals surface area contributed by atoms with Crippen molar-refractivity contribution >= 4 is 18.0 Å². The number of alkyl carbamates (subject to hydrolysis) is 1. The standard InChI is InChI=1S/C32H34N2O5/c35-29(36)16-19-34(20-23-10-2-1-3-11-23)30(37)32(17-8-9-18-32)22-33-31(38)39-21-28-26-14-6-4-12-24(26)25-13-5-7-15-27(25)28/h1-7,10-15,28H,8-9,16-22H2,(H,33,38)(H,35,36). The molecule has 2 aliphatic rings. The van der Waals surface area contributed by atoms with Crippen LogP contribution in [0.1, 0.15) is 54.7 Å². The van der Waals surface area contributed by atoms with Gasteiger partial charge in [-0.05, 0) is 40.7 Å². The molecule has 0 saturated heterocycles. The van der Waals surface area contributed by atoms with E-state index in [1.807, 2.05) is 54.6 Å². The highest BCUT2D eigenvalue weighted by Crippen LogP contribution is 2.44. The first-order valence-electron chi connectivity index (χ1n) is 13.6. The molecule has 5 rings (SSSR count). The summed E-state index contributed by atoms with van der Waals surface area (Å²) in [6.07, 6.45) is 2.39. The van der Waals surface area contributed by atoms with Gasteiger partial charge in [-0.25, -0.2) is 4.79 Å². The lowest BCUT2D eigenvalue weighted by atomic mass is 9.84. The molecule has 0 bridgehead atoms. The van der Waals surface area contributed by atoms with E-state index in [1.165, 1.54) is 0 Å². The van der Waals surface area contributed by atoms with Crippen LogP contribution in [-0.4, -0.2) is 47.7 Å². The fraction of sp³-hybridized carbons (Fsp3) is 0.344. The van der Waals surface area contributed by atoms with Gasteiger partial charge in [0.1, 0.15) is 6.61 Å². The van der Waals surface area contributed by atoms with E-state index in [1.54, 1.807) is 4.90 Å². The highest BCUT2D eigenvalue weighted by molar-refractivity contribution is 5.84. The molecule has 202 valence electrons. The third-order valence-electron chi connectivity index (χ3n) is 8.03. The van der Waals surface area contributed by atoms with Crippen molar-refractivity contribution in [1.82, 2.24) is 10.2 Å². The number of hydrogen-bond donors (Lipinski definition) is 2. The van der Waals surface area contributed by atoms with Crippen molar-refractivity contribution in [3.63, 3.8) is 0 Å². The highest BCUT2D eigenvalue weighted by Gasteiger charge is 2.44. The number of carboxylic acid groups (broad SMARTS) is 1. The van der Waals surface area contributed by atoms with Crippen LogP contribution in [0.25, 0.3) is 11.1 Å². The molecule has 0 heterocycles. The SMILES string of the molecule is O=C(O)CCN(Cc1ccccc1)C(=O)C1(CNC(=O)OCC2c3ccccc3-c3ccccc32)CCCC1. The molecule has 1 saturated carbocycles. The van der Waals surface area contributed by atoms with E-state index in [4.69, 9.17) is 4.74 Å². The summed E-state index contributed by atoms with van der Waals surface area (Å²) in [7, 11) is 0. The molecule has 7 heteroatoms. The van der Waals surface area contributed by atoms with E-state index >= 15 is 0 Å². The quantitative estimate of drug-likeness (QED) is 0.359. The lowest BCUT2D eigenvalue weighted by Gasteiger charge is -2.34. The van der Waals surface area contributed by atoms with E-state index < -0.39 is 17.5 Å². The number of amides is 2. The number of carboxylic acids is 1. The summed E-state index contributed by atoms with van der Waals surface area (Å²) in [5.74, 6) is -1.09. The zero-order valence-corrected chi connectivity index (χ0v) is 22.0. The van der Waals surface area contributed by atoms with Gasteiger partial charge in [0, 0.05) is 25.6 Å². The second kappa shape index (κ2) is 11.7. The summed E-state index contributed by atoms with van der Waals surface area (Å²) in [5, 5.41) is 12.2. The number of rotatable bonds is 10. The molecule has 0 radical (unpaired) electrons.